The topological polar surface area (TPSA) is 47.6 Å². The normalized spacial score (nSPS) is 23.9. The van der Waals surface area contributed by atoms with Gasteiger partial charge >= 0.3 is 0 Å². The molecular formula is C21H23NO3. The third-order valence-corrected chi connectivity index (χ3v) is 4.36. The number of hydrogen-bond acceptors (Lipinski definition) is 3. The van der Waals surface area contributed by atoms with Gasteiger partial charge in [-0.1, -0.05) is 54.6 Å². The lowest BCUT2D eigenvalue weighted by Gasteiger charge is -2.36. The average molecular weight is 337 g/mol. The molecular weight excluding hydrogens is 314 g/mol. The second-order valence-electron chi connectivity index (χ2n) is 6.06. The second-order valence-corrected chi connectivity index (χ2v) is 6.06. The van der Waals surface area contributed by atoms with Crippen molar-refractivity contribution in [1.29, 1.82) is 0 Å². The van der Waals surface area contributed by atoms with E-state index in [-0.39, 0.29) is 18.1 Å². The Balaban J connectivity index is 1.63. The molecule has 1 heterocycles. The Kier molecular flexibility index (Phi) is 5.64. The largest absolute Gasteiger partial charge is 0.346 e. The molecule has 1 aliphatic rings. The van der Waals surface area contributed by atoms with E-state index in [9.17, 15) is 4.79 Å². The highest BCUT2D eigenvalue weighted by atomic mass is 16.7. The van der Waals surface area contributed by atoms with Crippen LogP contribution in [0.3, 0.4) is 0 Å². The van der Waals surface area contributed by atoms with E-state index in [4.69, 9.17) is 9.47 Å². The number of nitrogens with one attached hydrogen (secondary N) is 1. The molecule has 130 valence electrons. The molecule has 4 heteroatoms. The zero-order valence-electron chi connectivity index (χ0n) is 14.5. The monoisotopic (exact) mass is 337 g/mol. The van der Waals surface area contributed by atoms with Gasteiger partial charge in [-0.3, -0.25) is 4.79 Å². The van der Waals surface area contributed by atoms with Gasteiger partial charge in [0.1, 0.15) is 0 Å². The summed E-state index contributed by atoms with van der Waals surface area (Å²) in [4.78, 5) is 12.3. The van der Waals surface area contributed by atoms with Gasteiger partial charge in [0, 0.05) is 11.1 Å². The van der Waals surface area contributed by atoms with Gasteiger partial charge in [-0.25, -0.2) is 0 Å². The van der Waals surface area contributed by atoms with E-state index in [1.54, 1.807) is 12.1 Å². The summed E-state index contributed by atoms with van der Waals surface area (Å²) in [5.74, 6) is -0.114. The number of rotatable bonds is 4. The Bertz CT molecular complexity index is 727. The molecule has 1 saturated heterocycles. The molecule has 2 aromatic rings. The molecule has 0 aliphatic carbocycles. The average Bonchev–Trinajstić information content (AvgIpc) is 2.66. The van der Waals surface area contributed by atoms with Crippen LogP contribution >= 0.6 is 0 Å². The first kappa shape index (κ1) is 17.4. The van der Waals surface area contributed by atoms with Crippen LogP contribution in [0, 0.1) is 0 Å². The van der Waals surface area contributed by atoms with Gasteiger partial charge in [-0.2, -0.15) is 0 Å². The highest BCUT2D eigenvalue weighted by molar-refractivity contribution is 5.94. The standard InChI is InChI=1S/C21H23NO3/c1-3-18(16-10-6-4-7-11-16)21-24-14-19(15(2)25-21)22-20(23)17-12-8-5-9-13-17/h3-13,15,19,21H,14H2,1-2H3,(H,22,23)/b18-3-/t15-,19+,21-/m0/s1. The van der Waals surface area contributed by atoms with Crippen molar-refractivity contribution in [3.8, 4) is 0 Å². The van der Waals surface area contributed by atoms with Crippen LogP contribution in [-0.4, -0.2) is 30.9 Å². The number of allylic oxidation sites excluding steroid dienone is 1. The van der Waals surface area contributed by atoms with E-state index in [0.29, 0.717) is 12.2 Å². The smallest absolute Gasteiger partial charge is 0.251 e. The number of hydrogen-bond donors (Lipinski definition) is 1. The second kappa shape index (κ2) is 8.10. The van der Waals surface area contributed by atoms with Crippen molar-refractivity contribution in [3.63, 3.8) is 0 Å². The lowest BCUT2D eigenvalue weighted by molar-refractivity contribution is -0.187. The van der Waals surface area contributed by atoms with Crippen molar-refractivity contribution < 1.29 is 14.3 Å². The highest BCUT2D eigenvalue weighted by Crippen LogP contribution is 2.26. The molecule has 0 bridgehead atoms. The molecule has 3 rings (SSSR count). The molecule has 1 fully saturated rings. The van der Waals surface area contributed by atoms with E-state index in [2.05, 4.69) is 5.32 Å². The lowest BCUT2D eigenvalue weighted by Crippen LogP contribution is -2.52. The Morgan fingerprint density at radius 2 is 1.64 bits per heavy atom. The Hall–Kier alpha value is -2.43. The highest BCUT2D eigenvalue weighted by Gasteiger charge is 2.32. The third kappa shape index (κ3) is 4.16. The molecule has 25 heavy (non-hydrogen) atoms. The summed E-state index contributed by atoms with van der Waals surface area (Å²) in [6.07, 6.45) is 1.44. The van der Waals surface area contributed by atoms with Gasteiger partial charge in [0.05, 0.1) is 18.8 Å². The fraction of sp³-hybridized carbons (Fsp3) is 0.286. The van der Waals surface area contributed by atoms with Crippen molar-refractivity contribution in [2.24, 2.45) is 0 Å². The van der Waals surface area contributed by atoms with Crippen molar-refractivity contribution in [1.82, 2.24) is 5.32 Å². The number of amides is 1. The van der Waals surface area contributed by atoms with E-state index < -0.39 is 6.29 Å². The molecule has 0 spiro atoms. The molecule has 0 aromatic heterocycles. The number of carbonyl (C=O) groups excluding carboxylic acids is 1. The third-order valence-electron chi connectivity index (χ3n) is 4.36. The fourth-order valence-corrected chi connectivity index (χ4v) is 2.89. The number of benzene rings is 2. The molecule has 4 nitrogen and oxygen atoms in total. The van der Waals surface area contributed by atoms with Crippen LogP contribution in [0.1, 0.15) is 29.8 Å². The Morgan fingerprint density at radius 3 is 2.20 bits per heavy atom. The summed E-state index contributed by atoms with van der Waals surface area (Å²) >= 11 is 0. The minimum Gasteiger partial charge on any atom is -0.346 e. The van der Waals surface area contributed by atoms with Gasteiger partial charge < -0.3 is 14.8 Å². The number of ether oxygens (including phenoxy) is 2. The predicted octanol–water partition coefficient (Wildman–Crippen LogP) is 3.65. The van der Waals surface area contributed by atoms with Crippen LogP contribution in [0.25, 0.3) is 5.57 Å². The number of carbonyl (C=O) groups is 1. The minimum atomic E-state index is -0.424. The first-order chi connectivity index (χ1) is 12.2. The van der Waals surface area contributed by atoms with E-state index in [1.807, 2.05) is 68.5 Å². The van der Waals surface area contributed by atoms with Crippen LogP contribution in [0.15, 0.2) is 66.7 Å². The zero-order chi connectivity index (χ0) is 17.6. The fourth-order valence-electron chi connectivity index (χ4n) is 2.89. The summed E-state index contributed by atoms with van der Waals surface area (Å²) in [5.41, 5.74) is 2.71. The predicted molar refractivity (Wildman–Crippen MR) is 98.1 cm³/mol. The molecule has 0 saturated carbocycles. The summed E-state index contributed by atoms with van der Waals surface area (Å²) in [6, 6.07) is 19.0. The van der Waals surface area contributed by atoms with E-state index in [1.165, 1.54) is 0 Å². The first-order valence-corrected chi connectivity index (χ1v) is 8.53. The summed E-state index contributed by atoms with van der Waals surface area (Å²) in [7, 11) is 0. The quantitative estimate of drug-likeness (QED) is 0.926. The van der Waals surface area contributed by atoms with E-state index >= 15 is 0 Å². The Morgan fingerprint density at radius 1 is 1.04 bits per heavy atom. The maximum absolute atomic E-state index is 12.3. The Labute approximate surface area is 148 Å². The summed E-state index contributed by atoms with van der Waals surface area (Å²) < 4.78 is 11.9. The van der Waals surface area contributed by atoms with Crippen LogP contribution in [-0.2, 0) is 9.47 Å². The van der Waals surface area contributed by atoms with Crippen molar-refractivity contribution in [2.75, 3.05) is 6.61 Å². The van der Waals surface area contributed by atoms with Gasteiger partial charge in [-0.15, -0.1) is 0 Å². The molecule has 0 unspecified atom stereocenters. The summed E-state index contributed by atoms with van der Waals surface area (Å²) in [6.45, 7) is 4.35. The SMILES string of the molecule is C/C=C(/c1ccccc1)[C@H]1OC[C@@H](NC(=O)c2ccccc2)[C@H](C)O1. The van der Waals surface area contributed by atoms with Crippen LogP contribution in [0.2, 0.25) is 0 Å². The summed E-state index contributed by atoms with van der Waals surface area (Å²) in [5, 5.41) is 2.99. The molecule has 1 aliphatic heterocycles. The molecule has 3 atom stereocenters. The lowest BCUT2D eigenvalue weighted by atomic mass is 10.0. The molecule has 1 N–H and O–H groups in total. The van der Waals surface area contributed by atoms with Gasteiger partial charge in [-0.05, 0) is 31.5 Å². The van der Waals surface area contributed by atoms with Gasteiger partial charge in [0.2, 0.25) is 0 Å². The molecule has 0 radical (unpaired) electrons. The minimum absolute atomic E-state index is 0.114. The van der Waals surface area contributed by atoms with Gasteiger partial charge in [0.25, 0.3) is 5.91 Å². The van der Waals surface area contributed by atoms with Crippen LogP contribution < -0.4 is 5.32 Å². The van der Waals surface area contributed by atoms with Crippen molar-refractivity contribution >= 4 is 11.5 Å². The molecule has 1 amide bonds. The maximum atomic E-state index is 12.3. The zero-order valence-corrected chi connectivity index (χ0v) is 14.5. The molecule has 2 aromatic carbocycles. The van der Waals surface area contributed by atoms with Crippen molar-refractivity contribution in [3.05, 3.63) is 77.9 Å². The van der Waals surface area contributed by atoms with Gasteiger partial charge in [0.15, 0.2) is 6.29 Å². The van der Waals surface area contributed by atoms with Crippen LogP contribution in [0.4, 0.5) is 0 Å². The van der Waals surface area contributed by atoms with Crippen molar-refractivity contribution in [2.45, 2.75) is 32.3 Å². The van der Waals surface area contributed by atoms with Crippen LogP contribution in [0.5, 0.6) is 0 Å². The van der Waals surface area contributed by atoms with E-state index in [0.717, 1.165) is 11.1 Å². The maximum Gasteiger partial charge on any atom is 0.251 e. The first-order valence-electron chi connectivity index (χ1n) is 8.53.